The van der Waals surface area contributed by atoms with Crippen LogP contribution >= 0.6 is 22.6 Å². The molecule has 0 saturated carbocycles. The summed E-state index contributed by atoms with van der Waals surface area (Å²) >= 11 is 2.16. The van der Waals surface area contributed by atoms with Crippen LogP contribution in [0.4, 0.5) is 0 Å². The second-order valence-corrected chi connectivity index (χ2v) is 10.5. The molecule has 3 atom stereocenters. The highest BCUT2D eigenvalue weighted by atomic mass is 127. The Morgan fingerprint density at radius 3 is 2.50 bits per heavy atom. The Labute approximate surface area is 226 Å². The lowest BCUT2D eigenvalue weighted by Gasteiger charge is -2.41. The minimum Gasteiger partial charge on any atom is -0.482 e. The van der Waals surface area contributed by atoms with E-state index >= 15 is 0 Å². The predicted octanol–water partition coefficient (Wildman–Crippen LogP) is 3.32. The minimum atomic E-state index is -1.03. The molecule has 0 aromatic heterocycles. The van der Waals surface area contributed by atoms with E-state index in [0.717, 1.165) is 15.6 Å². The van der Waals surface area contributed by atoms with Gasteiger partial charge in [0.25, 0.3) is 0 Å². The van der Waals surface area contributed by atoms with Gasteiger partial charge >= 0.3 is 0 Å². The van der Waals surface area contributed by atoms with E-state index in [0.29, 0.717) is 23.8 Å². The van der Waals surface area contributed by atoms with Gasteiger partial charge in [0, 0.05) is 25.1 Å². The molecule has 2 aromatic rings. The van der Waals surface area contributed by atoms with Crippen molar-refractivity contribution in [2.75, 3.05) is 19.7 Å². The summed E-state index contributed by atoms with van der Waals surface area (Å²) < 4.78 is 7.06. The number of nitrogens with one attached hydrogen (secondary N) is 1. The molecule has 2 amide bonds. The smallest absolute Gasteiger partial charge is 0.247 e. The number of rotatable bonds is 11. The van der Waals surface area contributed by atoms with Gasteiger partial charge in [-0.2, -0.15) is 0 Å². The average molecular weight is 607 g/mol. The SMILES string of the molecule is CC(C)CCN(C(=O)Cc1ccccc1)[C@@H]1CC(C(=O)NCCO)=C[C@H](Oc2ccccc2I)[C@H]1O. The number of para-hydroxylation sites is 1. The molecule has 0 unspecified atom stereocenters. The molecule has 0 spiro atoms. The van der Waals surface area contributed by atoms with Gasteiger partial charge in [-0.15, -0.1) is 0 Å². The van der Waals surface area contributed by atoms with Crippen LogP contribution in [0.2, 0.25) is 0 Å². The molecule has 1 aliphatic rings. The second-order valence-electron chi connectivity index (χ2n) is 9.38. The molecular formula is C28H35IN2O5. The van der Waals surface area contributed by atoms with Crippen molar-refractivity contribution in [1.29, 1.82) is 0 Å². The standard InChI is InChI=1S/C28H35IN2O5/c1-19(2)12-14-31(26(33)16-20-8-4-3-5-9-20)23-17-21(28(35)30-13-15-32)18-25(27(23)34)36-24-11-7-6-10-22(24)29/h3-11,18-19,23,25,27,32,34H,12-17H2,1-2H3,(H,30,35)/t23-,25+,27+/m1/s1. The first-order valence-electron chi connectivity index (χ1n) is 12.3. The molecule has 36 heavy (non-hydrogen) atoms. The number of nitrogens with zero attached hydrogens (tertiary/aromatic N) is 1. The summed E-state index contributed by atoms with van der Waals surface area (Å²) in [5, 5.41) is 23.3. The van der Waals surface area contributed by atoms with Crippen molar-refractivity contribution >= 4 is 34.4 Å². The molecule has 2 aromatic carbocycles. The summed E-state index contributed by atoms with van der Waals surface area (Å²) in [5.74, 6) is 0.518. The molecule has 0 fully saturated rings. The van der Waals surface area contributed by atoms with Crippen LogP contribution in [0.25, 0.3) is 0 Å². The maximum absolute atomic E-state index is 13.6. The lowest BCUT2D eigenvalue weighted by atomic mass is 9.87. The van der Waals surface area contributed by atoms with E-state index in [-0.39, 0.29) is 37.8 Å². The minimum absolute atomic E-state index is 0.101. The van der Waals surface area contributed by atoms with Crippen LogP contribution < -0.4 is 10.1 Å². The van der Waals surface area contributed by atoms with Crippen LogP contribution in [0.1, 0.15) is 32.3 Å². The van der Waals surface area contributed by atoms with E-state index in [1.807, 2.05) is 54.6 Å². The average Bonchev–Trinajstić information content (AvgIpc) is 2.86. The third-order valence-electron chi connectivity index (χ3n) is 6.18. The number of halogens is 1. The fourth-order valence-corrected chi connectivity index (χ4v) is 4.73. The number of hydrogen-bond acceptors (Lipinski definition) is 5. The van der Waals surface area contributed by atoms with Crippen LogP contribution in [0, 0.1) is 9.49 Å². The number of aliphatic hydroxyl groups excluding tert-OH is 2. The number of carbonyl (C=O) groups excluding carboxylic acids is 2. The van der Waals surface area contributed by atoms with E-state index in [2.05, 4.69) is 41.8 Å². The van der Waals surface area contributed by atoms with Crippen molar-refractivity contribution in [3.63, 3.8) is 0 Å². The summed E-state index contributed by atoms with van der Waals surface area (Å²) in [6.07, 6.45) is 0.965. The molecular weight excluding hydrogens is 571 g/mol. The van der Waals surface area contributed by atoms with E-state index < -0.39 is 18.2 Å². The van der Waals surface area contributed by atoms with Crippen LogP contribution in [-0.2, 0) is 16.0 Å². The highest BCUT2D eigenvalue weighted by Gasteiger charge is 2.40. The molecule has 3 rings (SSSR count). The third-order valence-corrected chi connectivity index (χ3v) is 7.07. The first-order valence-corrected chi connectivity index (χ1v) is 13.4. The summed E-state index contributed by atoms with van der Waals surface area (Å²) in [7, 11) is 0. The highest BCUT2D eigenvalue weighted by Crippen LogP contribution is 2.30. The van der Waals surface area contributed by atoms with Gasteiger partial charge in [0.15, 0.2) is 0 Å². The lowest BCUT2D eigenvalue weighted by molar-refractivity contribution is -0.138. The zero-order valence-electron chi connectivity index (χ0n) is 20.8. The lowest BCUT2D eigenvalue weighted by Crippen LogP contribution is -2.55. The van der Waals surface area contributed by atoms with Gasteiger partial charge in [0.2, 0.25) is 11.8 Å². The third kappa shape index (κ3) is 7.78. The predicted molar refractivity (Wildman–Crippen MR) is 147 cm³/mol. The van der Waals surface area contributed by atoms with Gasteiger partial charge in [-0.1, -0.05) is 56.3 Å². The Morgan fingerprint density at radius 1 is 1.14 bits per heavy atom. The van der Waals surface area contributed by atoms with Crippen molar-refractivity contribution in [3.05, 3.63) is 75.4 Å². The fraction of sp³-hybridized carbons (Fsp3) is 0.429. The Bertz CT molecular complexity index is 1040. The van der Waals surface area contributed by atoms with Gasteiger partial charge < -0.3 is 25.2 Å². The zero-order valence-corrected chi connectivity index (χ0v) is 22.9. The summed E-state index contributed by atoms with van der Waals surface area (Å²) in [4.78, 5) is 28.2. The number of carbonyl (C=O) groups is 2. The largest absolute Gasteiger partial charge is 0.482 e. The van der Waals surface area contributed by atoms with E-state index in [4.69, 9.17) is 9.84 Å². The van der Waals surface area contributed by atoms with Crippen molar-refractivity contribution < 1.29 is 24.5 Å². The van der Waals surface area contributed by atoms with E-state index in [1.165, 1.54) is 0 Å². The first-order chi connectivity index (χ1) is 17.3. The van der Waals surface area contributed by atoms with E-state index in [1.54, 1.807) is 11.0 Å². The van der Waals surface area contributed by atoms with Gasteiger partial charge in [0.05, 0.1) is 22.6 Å². The number of benzene rings is 2. The van der Waals surface area contributed by atoms with Gasteiger partial charge in [-0.05, 0) is 58.7 Å². The number of amides is 2. The molecule has 0 aliphatic heterocycles. The molecule has 7 nitrogen and oxygen atoms in total. The first kappa shape index (κ1) is 28.1. The molecule has 0 heterocycles. The summed E-state index contributed by atoms with van der Waals surface area (Å²) in [6, 6.07) is 16.3. The molecule has 1 aliphatic carbocycles. The molecule has 0 bridgehead atoms. The van der Waals surface area contributed by atoms with Crippen LogP contribution in [0.5, 0.6) is 5.75 Å². The summed E-state index contributed by atoms with van der Waals surface area (Å²) in [5.41, 5.74) is 1.32. The Hall–Kier alpha value is -2.43. The van der Waals surface area contributed by atoms with Crippen molar-refractivity contribution in [1.82, 2.24) is 10.2 Å². The fourth-order valence-electron chi connectivity index (χ4n) is 4.21. The van der Waals surface area contributed by atoms with Crippen LogP contribution in [0.15, 0.2) is 66.2 Å². The van der Waals surface area contributed by atoms with Crippen LogP contribution in [0.3, 0.4) is 0 Å². The normalized spacial score (nSPS) is 19.5. The zero-order chi connectivity index (χ0) is 26.1. The summed E-state index contributed by atoms with van der Waals surface area (Å²) in [6.45, 7) is 4.59. The van der Waals surface area contributed by atoms with Crippen molar-refractivity contribution in [3.8, 4) is 5.75 Å². The second kappa shape index (κ2) is 13.8. The molecule has 3 N–H and O–H groups in total. The van der Waals surface area contributed by atoms with Gasteiger partial charge in [-0.3, -0.25) is 9.59 Å². The van der Waals surface area contributed by atoms with Crippen molar-refractivity contribution in [2.45, 2.75) is 51.4 Å². The molecule has 0 radical (unpaired) electrons. The Kier molecular flexibility index (Phi) is 10.8. The molecule has 194 valence electrons. The van der Waals surface area contributed by atoms with Gasteiger partial charge in [0.1, 0.15) is 18.0 Å². The Balaban J connectivity index is 1.93. The quantitative estimate of drug-likeness (QED) is 0.341. The monoisotopic (exact) mass is 606 g/mol. The maximum Gasteiger partial charge on any atom is 0.247 e. The number of aliphatic hydroxyl groups is 2. The van der Waals surface area contributed by atoms with Crippen molar-refractivity contribution in [2.24, 2.45) is 5.92 Å². The number of hydrogen-bond donors (Lipinski definition) is 3. The highest BCUT2D eigenvalue weighted by molar-refractivity contribution is 14.1. The van der Waals surface area contributed by atoms with E-state index in [9.17, 15) is 14.7 Å². The number of ether oxygens (including phenoxy) is 1. The van der Waals surface area contributed by atoms with Crippen LogP contribution in [-0.4, -0.2) is 64.9 Å². The topological polar surface area (TPSA) is 99.1 Å². The molecule has 0 saturated heterocycles. The molecule has 8 heteroatoms. The maximum atomic E-state index is 13.6. The Morgan fingerprint density at radius 2 is 1.83 bits per heavy atom. The van der Waals surface area contributed by atoms with Gasteiger partial charge in [-0.25, -0.2) is 0 Å².